The highest BCUT2D eigenvalue weighted by molar-refractivity contribution is 6.10. The number of hydrogen-bond acceptors (Lipinski definition) is 0. The van der Waals surface area contributed by atoms with Crippen molar-refractivity contribution in [3.8, 4) is 5.69 Å². The van der Waals surface area contributed by atoms with E-state index in [1.165, 1.54) is 21.7 Å². The molecule has 3 aromatic carbocycles. The summed E-state index contributed by atoms with van der Waals surface area (Å²) in [5.41, 5.74) is 4.55. The van der Waals surface area contributed by atoms with E-state index in [-0.39, 0.29) is 0 Å². The van der Waals surface area contributed by atoms with Gasteiger partial charge in [0.05, 0.1) is 11.2 Å². The maximum absolute atomic E-state index is 4.03. The van der Waals surface area contributed by atoms with Crippen molar-refractivity contribution < 1.29 is 0 Å². The second-order valence-electron chi connectivity index (χ2n) is 5.56. The summed E-state index contributed by atoms with van der Waals surface area (Å²) in [6.45, 7) is 8.05. The lowest BCUT2D eigenvalue weighted by Gasteiger charge is -2.10. The highest BCUT2D eigenvalue weighted by atomic mass is 15.0. The van der Waals surface area contributed by atoms with Crippen molar-refractivity contribution in [2.75, 3.05) is 0 Å². The molecule has 0 radical (unpaired) electrons. The lowest BCUT2D eigenvalue weighted by atomic mass is 10.0. The summed E-state index contributed by atoms with van der Waals surface area (Å²) in [5.74, 6) is 0. The van der Waals surface area contributed by atoms with Crippen LogP contribution in [0, 0.1) is 0 Å². The molecule has 0 aliphatic carbocycles. The highest BCUT2D eigenvalue weighted by Crippen LogP contribution is 2.35. The number of nitrogens with zero attached hydrogens (tertiary/aromatic N) is 1. The molecule has 0 saturated heterocycles. The molecule has 1 heterocycles. The molecular weight excluding hydrogens is 278 g/mol. The van der Waals surface area contributed by atoms with Crippen LogP contribution >= 0.6 is 0 Å². The van der Waals surface area contributed by atoms with E-state index in [1.807, 2.05) is 18.2 Å². The quantitative estimate of drug-likeness (QED) is 0.432. The Morgan fingerprint density at radius 3 is 2.17 bits per heavy atom. The van der Waals surface area contributed by atoms with E-state index >= 15 is 0 Å². The summed E-state index contributed by atoms with van der Waals surface area (Å²) in [6, 6.07) is 23.3. The molecule has 4 rings (SSSR count). The molecule has 0 aliphatic heterocycles. The summed E-state index contributed by atoms with van der Waals surface area (Å²) in [4.78, 5) is 0. The van der Waals surface area contributed by atoms with E-state index < -0.39 is 0 Å². The van der Waals surface area contributed by atoms with Crippen LogP contribution in [0.2, 0.25) is 0 Å². The molecule has 1 heteroatoms. The Hall–Kier alpha value is -3.06. The largest absolute Gasteiger partial charge is 0.309 e. The second-order valence-corrected chi connectivity index (χ2v) is 5.56. The Bertz CT molecular complexity index is 1040. The molecule has 0 fully saturated rings. The Morgan fingerprint density at radius 2 is 1.43 bits per heavy atom. The Kier molecular flexibility index (Phi) is 3.13. The number of para-hydroxylation sites is 1. The van der Waals surface area contributed by atoms with Crippen molar-refractivity contribution in [1.29, 1.82) is 0 Å². The van der Waals surface area contributed by atoms with Gasteiger partial charge in [0.2, 0.25) is 0 Å². The van der Waals surface area contributed by atoms with Gasteiger partial charge in [0.15, 0.2) is 0 Å². The third-order valence-electron chi connectivity index (χ3n) is 4.34. The molecule has 0 amide bonds. The first kappa shape index (κ1) is 13.6. The summed E-state index contributed by atoms with van der Waals surface area (Å²) >= 11 is 0. The minimum atomic E-state index is 1.08. The van der Waals surface area contributed by atoms with Crippen molar-refractivity contribution in [3.63, 3.8) is 0 Å². The Labute approximate surface area is 135 Å². The van der Waals surface area contributed by atoms with Crippen molar-refractivity contribution in [1.82, 2.24) is 4.57 Å². The van der Waals surface area contributed by atoms with Gasteiger partial charge >= 0.3 is 0 Å². The number of fused-ring (bicyclic) bond motifs is 3. The normalized spacial score (nSPS) is 11.0. The van der Waals surface area contributed by atoms with Crippen LogP contribution < -0.4 is 0 Å². The van der Waals surface area contributed by atoms with Crippen LogP contribution in [0.5, 0.6) is 0 Å². The summed E-state index contributed by atoms with van der Waals surface area (Å²) in [6.07, 6.45) is 3.84. The van der Waals surface area contributed by atoms with Crippen LogP contribution in [-0.4, -0.2) is 4.57 Å². The van der Waals surface area contributed by atoms with Gasteiger partial charge in [0.1, 0.15) is 0 Å². The lowest BCUT2D eigenvalue weighted by Crippen LogP contribution is -1.96. The minimum Gasteiger partial charge on any atom is -0.309 e. The van der Waals surface area contributed by atoms with E-state index in [0.29, 0.717) is 0 Å². The number of rotatable bonds is 3. The van der Waals surface area contributed by atoms with E-state index in [4.69, 9.17) is 0 Å². The predicted octanol–water partition coefficient (Wildman–Crippen LogP) is 6.07. The minimum absolute atomic E-state index is 1.08. The maximum Gasteiger partial charge on any atom is 0.0619 e. The SMILES string of the molecule is C=Cc1c(C=C)n(-c2ccccc2)c2c1ccc1ccccc12. The van der Waals surface area contributed by atoms with Gasteiger partial charge in [-0.2, -0.15) is 0 Å². The topological polar surface area (TPSA) is 4.93 Å². The first-order valence-corrected chi connectivity index (χ1v) is 7.71. The molecule has 0 aliphatic rings. The van der Waals surface area contributed by atoms with E-state index in [1.54, 1.807) is 0 Å². The van der Waals surface area contributed by atoms with Crippen molar-refractivity contribution in [2.24, 2.45) is 0 Å². The zero-order chi connectivity index (χ0) is 15.8. The summed E-state index contributed by atoms with van der Waals surface area (Å²) in [5, 5.41) is 3.68. The average molecular weight is 295 g/mol. The van der Waals surface area contributed by atoms with Gasteiger partial charge < -0.3 is 4.57 Å². The van der Waals surface area contributed by atoms with Gasteiger partial charge in [-0.25, -0.2) is 0 Å². The lowest BCUT2D eigenvalue weighted by molar-refractivity contribution is 1.11. The predicted molar refractivity (Wildman–Crippen MR) is 101 cm³/mol. The molecule has 0 spiro atoms. The fraction of sp³-hybridized carbons (Fsp3) is 0. The zero-order valence-corrected chi connectivity index (χ0v) is 12.9. The van der Waals surface area contributed by atoms with Crippen LogP contribution in [0.3, 0.4) is 0 Å². The van der Waals surface area contributed by atoms with Crippen LogP contribution in [0.25, 0.3) is 39.5 Å². The van der Waals surface area contributed by atoms with Crippen LogP contribution in [-0.2, 0) is 0 Å². The van der Waals surface area contributed by atoms with Gasteiger partial charge in [-0.1, -0.05) is 73.8 Å². The van der Waals surface area contributed by atoms with Gasteiger partial charge in [-0.05, 0) is 23.6 Å². The zero-order valence-electron chi connectivity index (χ0n) is 12.9. The first-order chi connectivity index (χ1) is 11.3. The third kappa shape index (κ3) is 1.94. The molecule has 0 atom stereocenters. The number of hydrogen-bond donors (Lipinski definition) is 0. The van der Waals surface area contributed by atoms with Crippen molar-refractivity contribution >= 4 is 33.8 Å². The number of aromatic nitrogens is 1. The fourth-order valence-electron chi connectivity index (χ4n) is 3.35. The van der Waals surface area contributed by atoms with E-state index in [9.17, 15) is 0 Å². The van der Waals surface area contributed by atoms with Gasteiger partial charge in [0.25, 0.3) is 0 Å². The van der Waals surface area contributed by atoms with Gasteiger partial charge in [0, 0.05) is 22.0 Å². The maximum atomic E-state index is 4.03. The van der Waals surface area contributed by atoms with Crippen LogP contribution in [0.1, 0.15) is 11.3 Å². The Balaban J connectivity index is 2.29. The molecular formula is C22H17N. The molecule has 1 aromatic heterocycles. The molecule has 0 saturated carbocycles. The fourth-order valence-corrected chi connectivity index (χ4v) is 3.35. The molecule has 0 N–H and O–H groups in total. The molecule has 0 unspecified atom stereocenters. The third-order valence-corrected chi connectivity index (χ3v) is 4.34. The van der Waals surface area contributed by atoms with Crippen molar-refractivity contribution in [3.05, 3.63) is 91.1 Å². The highest BCUT2D eigenvalue weighted by Gasteiger charge is 2.16. The smallest absolute Gasteiger partial charge is 0.0619 e. The van der Waals surface area contributed by atoms with Crippen molar-refractivity contribution in [2.45, 2.75) is 0 Å². The van der Waals surface area contributed by atoms with Crippen LogP contribution in [0.4, 0.5) is 0 Å². The molecule has 1 nitrogen and oxygen atoms in total. The summed E-state index contributed by atoms with van der Waals surface area (Å²) < 4.78 is 2.28. The second kappa shape index (κ2) is 5.29. The van der Waals surface area contributed by atoms with E-state index in [2.05, 4.69) is 78.4 Å². The van der Waals surface area contributed by atoms with Gasteiger partial charge in [-0.3, -0.25) is 0 Å². The molecule has 23 heavy (non-hydrogen) atoms. The summed E-state index contributed by atoms with van der Waals surface area (Å²) in [7, 11) is 0. The monoisotopic (exact) mass is 295 g/mol. The van der Waals surface area contributed by atoms with Gasteiger partial charge in [-0.15, -0.1) is 0 Å². The average Bonchev–Trinajstić information content (AvgIpc) is 2.96. The molecule has 4 aromatic rings. The van der Waals surface area contributed by atoms with Crippen LogP contribution in [0.15, 0.2) is 79.9 Å². The Morgan fingerprint density at radius 1 is 0.696 bits per heavy atom. The number of benzene rings is 3. The van der Waals surface area contributed by atoms with E-state index in [0.717, 1.165) is 16.9 Å². The molecule has 110 valence electrons. The standard InChI is InChI=1S/C22H17N/c1-3-18-20-15-14-16-10-8-9-13-19(16)22(20)23(21(18)4-2)17-11-6-5-7-12-17/h3-15H,1-2H2. The molecule has 0 bridgehead atoms. The first-order valence-electron chi connectivity index (χ1n) is 7.71.